The third kappa shape index (κ3) is 2.72. The average Bonchev–Trinajstić information content (AvgIpc) is 3.03. The number of aryl methyl sites for hydroxylation is 2. The van der Waals surface area contributed by atoms with Gasteiger partial charge in [0.1, 0.15) is 0 Å². The monoisotopic (exact) mass is 341 g/mol. The number of nitrogens with zero attached hydrogens (tertiary/aromatic N) is 3. The number of benzene rings is 1. The van der Waals surface area contributed by atoms with E-state index in [4.69, 9.17) is 0 Å². The molecular weight excluding hydrogens is 327 g/mol. The molecule has 0 amide bonds. The molecule has 1 N–H and O–H groups in total. The molecule has 122 valence electrons. The number of hydrogen-bond donors (Lipinski definition) is 1. The van der Waals surface area contributed by atoms with Gasteiger partial charge in [0.2, 0.25) is 5.13 Å². The number of rotatable bonds is 2. The Morgan fingerprint density at radius 1 is 1.22 bits per heavy atom. The normalized spacial score (nSPS) is 21.7. The van der Waals surface area contributed by atoms with E-state index in [0.29, 0.717) is 16.3 Å². The lowest BCUT2D eigenvalue weighted by Crippen LogP contribution is -2.55. The van der Waals surface area contributed by atoms with Crippen molar-refractivity contribution in [2.75, 3.05) is 5.01 Å². The molecule has 1 aliphatic rings. The number of anilines is 1. The Labute approximate surface area is 134 Å². The number of alkyl halides is 3. The summed E-state index contributed by atoms with van der Waals surface area (Å²) in [6.45, 7) is 3.56. The Balaban J connectivity index is 2.06. The highest BCUT2D eigenvalue weighted by Gasteiger charge is 2.62. The molecule has 1 aromatic carbocycles. The highest BCUT2D eigenvalue weighted by Crippen LogP contribution is 2.44. The van der Waals surface area contributed by atoms with E-state index in [9.17, 15) is 18.3 Å². The van der Waals surface area contributed by atoms with Gasteiger partial charge in [-0.05, 0) is 19.4 Å². The SMILES string of the molecule is Cc1ccc(C2=NN(c3nc(C)cs3)[C@](O)(C(F)(F)F)C2)cc1. The van der Waals surface area contributed by atoms with Crippen LogP contribution in [0.25, 0.3) is 0 Å². The Morgan fingerprint density at radius 3 is 2.39 bits per heavy atom. The molecule has 0 spiro atoms. The first-order valence-electron chi connectivity index (χ1n) is 6.87. The summed E-state index contributed by atoms with van der Waals surface area (Å²) in [5.41, 5.74) is -0.789. The maximum absolute atomic E-state index is 13.5. The molecule has 2 heterocycles. The molecule has 8 heteroatoms. The van der Waals surface area contributed by atoms with Crippen molar-refractivity contribution in [1.82, 2.24) is 4.98 Å². The topological polar surface area (TPSA) is 48.7 Å². The third-order valence-corrected chi connectivity index (χ3v) is 4.55. The number of halogens is 3. The summed E-state index contributed by atoms with van der Waals surface area (Å²) in [5, 5.41) is 16.5. The smallest absolute Gasteiger partial charge is 0.362 e. The first kappa shape index (κ1) is 15.9. The van der Waals surface area contributed by atoms with E-state index in [-0.39, 0.29) is 10.8 Å². The zero-order valence-electron chi connectivity index (χ0n) is 12.4. The van der Waals surface area contributed by atoms with Crippen LogP contribution in [0.1, 0.15) is 23.2 Å². The van der Waals surface area contributed by atoms with Crippen LogP contribution in [0.5, 0.6) is 0 Å². The molecule has 0 saturated heterocycles. The maximum Gasteiger partial charge on any atom is 0.438 e. The summed E-state index contributed by atoms with van der Waals surface area (Å²) in [4.78, 5) is 4.02. The molecule has 1 aliphatic heterocycles. The summed E-state index contributed by atoms with van der Waals surface area (Å²) < 4.78 is 40.4. The van der Waals surface area contributed by atoms with Crippen molar-refractivity contribution >= 4 is 22.2 Å². The minimum atomic E-state index is -4.86. The van der Waals surface area contributed by atoms with E-state index in [0.717, 1.165) is 16.9 Å². The molecule has 0 unspecified atom stereocenters. The van der Waals surface area contributed by atoms with Crippen LogP contribution in [0.4, 0.5) is 18.3 Å². The summed E-state index contributed by atoms with van der Waals surface area (Å²) in [6, 6.07) is 6.98. The standard InChI is InChI=1S/C15H14F3N3OS/c1-9-3-5-11(6-4-9)12-7-14(22,15(16,17)18)21(20-12)13-19-10(2)8-23-13/h3-6,8,22H,7H2,1-2H3/t14-/m1/s1. The Hall–Kier alpha value is -1.93. The lowest BCUT2D eigenvalue weighted by molar-refractivity contribution is -0.254. The van der Waals surface area contributed by atoms with Crippen LogP contribution in [-0.4, -0.2) is 27.7 Å². The van der Waals surface area contributed by atoms with Gasteiger partial charge in [-0.2, -0.15) is 23.3 Å². The zero-order valence-corrected chi connectivity index (χ0v) is 13.2. The summed E-state index contributed by atoms with van der Waals surface area (Å²) in [5.74, 6) is 0. The van der Waals surface area contributed by atoms with Crippen LogP contribution in [0.2, 0.25) is 0 Å². The van der Waals surface area contributed by atoms with E-state index in [2.05, 4.69) is 10.1 Å². The molecule has 0 aliphatic carbocycles. The number of hydrazone groups is 1. The van der Waals surface area contributed by atoms with Crippen molar-refractivity contribution in [2.24, 2.45) is 5.10 Å². The highest BCUT2D eigenvalue weighted by atomic mass is 32.1. The van der Waals surface area contributed by atoms with E-state index in [1.807, 2.05) is 6.92 Å². The molecule has 2 aromatic rings. The van der Waals surface area contributed by atoms with E-state index >= 15 is 0 Å². The van der Waals surface area contributed by atoms with Crippen LogP contribution in [-0.2, 0) is 0 Å². The van der Waals surface area contributed by atoms with Gasteiger partial charge in [0.25, 0.3) is 5.72 Å². The fourth-order valence-corrected chi connectivity index (χ4v) is 3.13. The molecule has 1 aromatic heterocycles. The quantitative estimate of drug-likeness (QED) is 0.907. The van der Waals surface area contributed by atoms with Gasteiger partial charge in [-0.1, -0.05) is 29.8 Å². The Bertz CT molecular complexity index is 754. The number of hydrogen-bond acceptors (Lipinski definition) is 5. The Kier molecular flexibility index (Phi) is 3.68. The minimum absolute atomic E-state index is 0.0180. The molecule has 3 rings (SSSR count). The van der Waals surface area contributed by atoms with Gasteiger partial charge >= 0.3 is 6.18 Å². The van der Waals surface area contributed by atoms with Crippen molar-refractivity contribution in [1.29, 1.82) is 0 Å². The maximum atomic E-state index is 13.5. The molecule has 0 bridgehead atoms. The van der Waals surface area contributed by atoms with Crippen molar-refractivity contribution in [3.05, 3.63) is 46.5 Å². The fourth-order valence-electron chi connectivity index (χ4n) is 2.31. The fraction of sp³-hybridized carbons (Fsp3) is 0.333. The van der Waals surface area contributed by atoms with Crippen molar-refractivity contribution in [3.8, 4) is 0 Å². The highest BCUT2D eigenvalue weighted by molar-refractivity contribution is 7.13. The van der Waals surface area contributed by atoms with Gasteiger partial charge in [0, 0.05) is 5.38 Å². The van der Waals surface area contributed by atoms with Gasteiger partial charge in [0.15, 0.2) is 0 Å². The molecule has 1 atom stereocenters. The largest absolute Gasteiger partial charge is 0.438 e. The van der Waals surface area contributed by atoms with Crippen molar-refractivity contribution in [2.45, 2.75) is 32.2 Å². The second-order valence-corrected chi connectivity index (χ2v) is 6.32. The van der Waals surface area contributed by atoms with Gasteiger partial charge < -0.3 is 5.11 Å². The molecule has 0 fully saturated rings. The zero-order chi connectivity index (χ0) is 16.8. The lowest BCUT2D eigenvalue weighted by atomic mass is 10.0. The number of aliphatic hydroxyl groups is 1. The predicted molar refractivity (Wildman–Crippen MR) is 82.7 cm³/mol. The van der Waals surface area contributed by atoms with Gasteiger partial charge in [0.05, 0.1) is 17.8 Å². The first-order chi connectivity index (χ1) is 10.7. The van der Waals surface area contributed by atoms with Crippen LogP contribution in [0.15, 0.2) is 34.7 Å². The first-order valence-corrected chi connectivity index (χ1v) is 7.75. The van der Waals surface area contributed by atoms with E-state index in [1.54, 1.807) is 36.6 Å². The van der Waals surface area contributed by atoms with Crippen LogP contribution < -0.4 is 5.01 Å². The summed E-state index contributed by atoms with van der Waals surface area (Å²) in [6.07, 6.45) is -5.50. The van der Waals surface area contributed by atoms with Crippen LogP contribution >= 0.6 is 11.3 Å². The molecule has 4 nitrogen and oxygen atoms in total. The molecule has 0 saturated carbocycles. The van der Waals surface area contributed by atoms with Gasteiger partial charge in [-0.3, -0.25) is 0 Å². The lowest BCUT2D eigenvalue weighted by Gasteiger charge is -2.32. The van der Waals surface area contributed by atoms with E-state index in [1.165, 1.54) is 0 Å². The third-order valence-electron chi connectivity index (χ3n) is 3.61. The average molecular weight is 341 g/mol. The number of thiazole rings is 1. The molecule has 23 heavy (non-hydrogen) atoms. The predicted octanol–water partition coefficient (Wildman–Crippen LogP) is 3.63. The second-order valence-electron chi connectivity index (χ2n) is 5.49. The van der Waals surface area contributed by atoms with E-state index < -0.39 is 18.3 Å². The van der Waals surface area contributed by atoms with Gasteiger partial charge in [-0.25, -0.2) is 4.98 Å². The van der Waals surface area contributed by atoms with Crippen LogP contribution in [0.3, 0.4) is 0 Å². The Morgan fingerprint density at radius 2 is 1.87 bits per heavy atom. The summed E-state index contributed by atoms with van der Waals surface area (Å²) >= 11 is 1.01. The minimum Gasteiger partial charge on any atom is -0.362 e. The molecule has 0 radical (unpaired) electrons. The number of aromatic nitrogens is 1. The second kappa shape index (κ2) is 5.31. The molecular formula is C15H14F3N3OS. The van der Waals surface area contributed by atoms with Crippen molar-refractivity contribution in [3.63, 3.8) is 0 Å². The van der Waals surface area contributed by atoms with Gasteiger partial charge in [-0.15, -0.1) is 11.3 Å². The van der Waals surface area contributed by atoms with Crippen molar-refractivity contribution < 1.29 is 18.3 Å². The summed E-state index contributed by atoms with van der Waals surface area (Å²) in [7, 11) is 0. The van der Waals surface area contributed by atoms with Crippen LogP contribution in [0, 0.1) is 13.8 Å².